The van der Waals surface area contributed by atoms with Crippen LogP contribution in [-0.4, -0.2) is 20.6 Å². The van der Waals surface area contributed by atoms with E-state index >= 15 is 0 Å². The number of benzene rings is 2. The molecule has 1 N–H and O–H groups in total. The number of amides is 1. The van der Waals surface area contributed by atoms with Crippen molar-refractivity contribution in [1.29, 1.82) is 0 Å². The predicted octanol–water partition coefficient (Wildman–Crippen LogP) is 3.02. The zero-order chi connectivity index (χ0) is 17.8. The van der Waals surface area contributed by atoms with Crippen molar-refractivity contribution in [1.82, 2.24) is 15.1 Å². The highest BCUT2D eigenvalue weighted by Gasteiger charge is 2.15. The lowest BCUT2D eigenvalue weighted by Crippen LogP contribution is -2.22. The molecular formula is C18H16N4O3. The Morgan fingerprint density at radius 2 is 2.00 bits per heavy atom. The van der Waals surface area contributed by atoms with Crippen molar-refractivity contribution < 1.29 is 9.72 Å². The summed E-state index contributed by atoms with van der Waals surface area (Å²) < 4.78 is 1.72. The number of nitro groups is 1. The maximum absolute atomic E-state index is 12.2. The lowest BCUT2D eigenvalue weighted by Gasteiger charge is -2.05. The van der Waals surface area contributed by atoms with Gasteiger partial charge in [0.25, 0.3) is 11.6 Å². The maximum atomic E-state index is 12.2. The summed E-state index contributed by atoms with van der Waals surface area (Å²) in [6, 6.07) is 14.1. The minimum atomic E-state index is -0.490. The minimum Gasteiger partial charge on any atom is -0.348 e. The first kappa shape index (κ1) is 16.4. The normalized spacial score (nSPS) is 10.4. The van der Waals surface area contributed by atoms with E-state index in [-0.39, 0.29) is 23.7 Å². The summed E-state index contributed by atoms with van der Waals surface area (Å²) in [6.45, 7) is 1.92. The monoisotopic (exact) mass is 336 g/mol. The third-order valence-corrected chi connectivity index (χ3v) is 3.78. The highest BCUT2D eigenvalue weighted by Crippen LogP contribution is 2.19. The summed E-state index contributed by atoms with van der Waals surface area (Å²) in [5.74, 6) is -0.365. The molecule has 1 aromatic heterocycles. The Kier molecular flexibility index (Phi) is 4.56. The third-order valence-electron chi connectivity index (χ3n) is 3.78. The van der Waals surface area contributed by atoms with Crippen molar-refractivity contribution in [3.05, 3.63) is 87.7 Å². The molecule has 7 nitrogen and oxygen atoms in total. The van der Waals surface area contributed by atoms with Gasteiger partial charge in [-0.1, -0.05) is 24.3 Å². The van der Waals surface area contributed by atoms with E-state index in [0.717, 1.165) is 11.3 Å². The van der Waals surface area contributed by atoms with Gasteiger partial charge in [0.15, 0.2) is 0 Å². The number of nitro benzene ring substituents is 1. The predicted molar refractivity (Wildman–Crippen MR) is 92.6 cm³/mol. The SMILES string of the molecule is Cc1ccc(C(=O)NCc2cnn(-c3ccccc3)c2)cc1[N+](=O)[O-]. The summed E-state index contributed by atoms with van der Waals surface area (Å²) in [4.78, 5) is 22.7. The highest BCUT2D eigenvalue weighted by atomic mass is 16.6. The van der Waals surface area contributed by atoms with Crippen molar-refractivity contribution in [3.63, 3.8) is 0 Å². The number of nitrogens with zero attached hydrogens (tertiary/aromatic N) is 3. The first-order valence-electron chi connectivity index (χ1n) is 7.67. The molecule has 25 heavy (non-hydrogen) atoms. The van der Waals surface area contributed by atoms with Crippen LogP contribution in [0.2, 0.25) is 0 Å². The van der Waals surface area contributed by atoms with Gasteiger partial charge >= 0.3 is 0 Å². The van der Waals surface area contributed by atoms with Gasteiger partial charge in [0.2, 0.25) is 0 Å². The molecule has 0 radical (unpaired) electrons. The number of carbonyl (C=O) groups excluding carboxylic acids is 1. The average Bonchev–Trinajstić information content (AvgIpc) is 3.09. The van der Waals surface area contributed by atoms with Crippen molar-refractivity contribution in [2.75, 3.05) is 0 Å². The van der Waals surface area contributed by atoms with Gasteiger partial charge < -0.3 is 5.32 Å². The Bertz CT molecular complexity index is 919. The third kappa shape index (κ3) is 3.72. The first-order chi connectivity index (χ1) is 12.0. The molecule has 0 fully saturated rings. The maximum Gasteiger partial charge on any atom is 0.273 e. The number of hydrogen-bond acceptors (Lipinski definition) is 4. The van der Waals surface area contributed by atoms with Crippen molar-refractivity contribution in [2.24, 2.45) is 0 Å². The molecule has 0 spiro atoms. The van der Waals surface area contributed by atoms with Crippen LogP contribution in [0, 0.1) is 17.0 Å². The Hall–Kier alpha value is -3.48. The van der Waals surface area contributed by atoms with E-state index in [0.29, 0.717) is 5.56 Å². The molecule has 0 atom stereocenters. The summed E-state index contributed by atoms with van der Waals surface area (Å²) in [7, 11) is 0. The van der Waals surface area contributed by atoms with Gasteiger partial charge in [-0.3, -0.25) is 14.9 Å². The van der Waals surface area contributed by atoms with Crippen molar-refractivity contribution in [3.8, 4) is 5.69 Å². The molecule has 126 valence electrons. The van der Waals surface area contributed by atoms with Crippen LogP contribution in [0.1, 0.15) is 21.5 Å². The topological polar surface area (TPSA) is 90.1 Å². The zero-order valence-corrected chi connectivity index (χ0v) is 13.5. The number of rotatable bonds is 5. The van der Waals surface area contributed by atoms with Crippen molar-refractivity contribution in [2.45, 2.75) is 13.5 Å². The van der Waals surface area contributed by atoms with Crippen LogP contribution < -0.4 is 5.32 Å². The highest BCUT2D eigenvalue weighted by molar-refractivity contribution is 5.94. The first-order valence-corrected chi connectivity index (χ1v) is 7.67. The quantitative estimate of drug-likeness (QED) is 0.573. The van der Waals surface area contributed by atoms with Gasteiger partial charge in [-0.25, -0.2) is 4.68 Å². The van der Waals surface area contributed by atoms with Gasteiger partial charge in [0, 0.05) is 35.5 Å². The van der Waals surface area contributed by atoms with E-state index in [1.165, 1.54) is 6.07 Å². The molecule has 1 amide bonds. The molecule has 3 aromatic rings. The second-order valence-corrected chi connectivity index (χ2v) is 5.57. The van der Waals surface area contributed by atoms with Crippen LogP contribution >= 0.6 is 0 Å². The molecule has 0 aliphatic carbocycles. The summed E-state index contributed by atoms with van der Waals surface area (Å²) in [5, 5.41) is 18.0. The zero-order valence-electron chi connectivity index (χ0n) is 13.5. The smallest absolute Gasteiger partial charge is 0.273 e. The fraction of sp³-hybridized carbons (Fsp3) is 0.111. The van der Waals surface area contributed by atoms with Gasteiger partial charge in [0.05, 0.1) is 16.8 Å². The lowest BCUT2D eigenvalue weighted by molar-refractivity contribution is -0.385. The van der Waals surface area contributed by atoms with Gasteiger partial charge in [0.1, 0.15) is 0 Å². The minimum absolute atomic E-state index is 0.0652. The van der Waals surface area contributed by atoms with E-state index in [1.54, 1.807) is 29.9 Å². The molecule has 7 heteroatoms. The molecular weight excluding hydrogens is 320 g/mol. The number of para-hydroxylation sites is 1. The van der Waals surface area contributed by atoms with Crippen LogP contribution in [0.3, 0.4) is 0 Å². The van der Waals surface area contributed by atoms with Crippen molar-refractivity contribution >= 4 is 11.6 Å². The van der Waals surface area contributed by atoms with E-state index in [4.69, 9.17) is 0 Å². The Balaban J connectivity index is 1.68. The molecule has 0 aliphatic rings. The Morgan fingerprint density at radius 3 is 2.72 bits per heavy atom. The number of aromatic nitrogens is 2. The molecule has 0 unspecified atom stereocenters. The van der Waals surface area contributed by atoms with E-state index in [9.17, 15) is 14.9 Å². The van der Waals surface area contributed by atoms with Crippen LogP contribution in [0.4, 0.5) is 5.69 Å². The lowest BCUT2D eigenvalue weighted by atomic mass is 10.1. The summed E-state index contributed by atoms with van der Waals surface area (Å²) in [6.07, 6.45) is 3.50. The number of aryl methyl sites for hydroxylation is 1. The second-order valence-electron chi connectivity index (χ2n) is 5.57. The molecule has 0 aliphatic heterocycles. The van der Waals surface area contributed by atoms with Gasteiger partial charge in [-0.05, 0) is 25.1 Å². The van der Waals surface area contributed by atoms with Gasteiger partial charge in [-0.15, -0.1) is 0 Å². The molecule has 3 rings (SSSR count). The number of hydrogen-bond donors (Lipinski definition) is 1. The van der Waals surface area contributed by atoms with Crippen LogP contribution in [0.5, 0.6) is 0 Å². The summed E-state index contributed by atoms with van der Waals surface area (Å²) >= 11 is 0. The Morgan fingerprint density at radius 1 is 1.24 bits per heavy atom. The Labute approximate surface area is 144 Å². The second kappa shape index (κ2) is 6.96. The van der Waals surface area contributed by atoms with Crippen LogP contribution in [0.15, 0.2) is 60.9 Å². The molecule has 1 heterocycles. The van der Waals surface area contributed by atoms with Gasteiger partial charge in [-0.2, -0.15) is 5.10 Å². The van der Waals surface area contributed by atoms with E-state index in [2.05, 4.69) is 10.4 Å². The van der Waals surface area contributed by atoms with E-state index < -0.39 is 4.92 Å². The molecule has 0 bridgehead atoms. The summed E-state index contributed by atoms with van der Waals surface area (Å²) in [5.41, 5.74) is 2.47. The average molecular weight is 336 g/mol. The number of nitrogens with one attached hydrogen (secondary N) is 1. The standard InChI is InChI=1S/C18H16N4O3/c1-13-7-8-15(9-17(13)22(24)25)18(23)19-10-14-11-20-21(12-14)16-5-3-2-4-6-16/h2-9,11-12H,10H2,1H3,(H,19,23). The number of carbonyl (C=O) groups is 1. The molecule has 0 saturated heterocycles. The fourth-order valence-electron chi connectivity index (χ4n) is 2.41. The van der Waals surface area contributed by atoms with E-state index in [1.807, 2.05) is 36.5 Å². The largest absolute Gasteiger partial charge is 0.348 e. The van der Waals surface area contributed by atoms with Crippen LogP contribution in [-0.2, 0) is 6.54 Å². The molecule has 0 saturated carbocycles. The fourth-order valence-corrected chi connectivity index (χ4v) is 2.41. The van der Waals surface area contributed by atoms with Crippen LogP contribution in [0.25, 0.3) is 5.69 Å². The molecule has 2 aromatic carbocycles.